The number of amides is 3. The van der Waals surface area contributed by atoms with Crippen LogP contribution in [0.1, 0.15) is 11.1 Å². The van der Waals surface area contributed by atoms with Crippen LogP contribution in [0.15, 0.2) is 42.5 Å². The first-order valence-electron chi connectivity index (χ1n) is 9.77. The number of benzene rings is 2. The van der Waals surface area contributed by atoms with E-state index in [9.17, 15) is 14.4 Å². The summed E-state index contributed by atoms with van der Waals surface area (Å²) < 4.78 is 16.5. The summed E-state index contributed by atoms with van der Waals surface area (Å²) >= 11 is 1.00. The monoisotopic (exact) mass is 442 g/mol. The highest BCUT2D eigenvalue weighted by Crippen LogP contribution is 2.34. The molecule has 0 aromatic heterocycles. The number of carbonyl (C=O) groups is 3. The van der Waals surface area contributed by atoms with Gasteiger partial charge in [-0.1, -0.05) is 30.0 Å². The molecule has 9 heteroatoms. The molecule has 2 heterocycles. The van der Waals surface area contributed by atoms with Crippen LogP contribution < -0.4 is 14.8 Å². The average Bonchev–Trinajstić information content (AvgIpc) is 3.25. The molecule has 3 amide bonds. The van der Waals surface area contributed by atoms with Crippen LogP contribution in [0.5, 0.6) is 17.2 Å². The Balaban J connectivity index is 1.41. The molecule has 4 rings (SSSR count). The van der Waals surface area contributed by atoms with Crippen molar-refractivity contribution in [1.29, 1.82) is 0 Å². The SMILES string of the molecule is COc1cc(CC2SC(=O)NC2=O)ccc1Oc1ccc(CC2COC(=O)N2C)cc1. The highest BCUT2D eigenvalue weighted by Gasteiger charge is 2.32. The number of methoxy groups -OCH3 is 1. The molecule has 2 atom stereocenters. The lowest BCUT2D eigenvalue weighted by molar-refractivity contribution is -0.118. The normalized spacial score (nSPS) is 20.6. The summed E-state index contributed by atoms with van der Waals surface area (Å²) in [6.45, 7) is 0.395. The van der Waals surface area contributed by atoms with Gasteiger partial charge in [-0.3, -0.25) is 14.9 Å². The molecule has 2 unspecified atom stereocenters. The summed E-state index contributed by atoms with van der Waals surface area (Å²) in [6.07, 6.45) is 0.838. The molecule has 8 nitrogen and oxygen atoms in total. The molecule has 0 radical (unpaired) electrons. The van der Waals surface area contributed by atoms with E-state index in [1.54, 1.807) is 25.1 Å². The number of carbonyl (C=O) groups excluding carboxylic acids is 3. The molecule has 31 heavy (non-hydrogen) atoms. The van der Waals surface area contributed by atoms with Gasteiger partial charge in [0.25, 0.3) is 5.24 Å². The number of likely N-dealkylation sites (N-methyl/N-ethyl adjacent to an activating group) is 1. The smallest absolute Gasteiger partial charge is 0.409 e. The lowest BCUT2D eigenvalue weighted by atomic mass is 10.1. The summed E-state index contributed by atoms with van der Waals surface area (Å²) in [5.41, 5.74) is 1.95. The number of imide groups is 1. The molecule has 162 valence electrons. The Morgan fingerprint density at radius 1 is 1.06 bits per heavy atom. The highest BCUT2D eigenvalue weighted by atomic mass is 32.2. The Kier molecular flexibility index (Phi) is 6.03. The summed E-state index contributed by atoms with van der Waals surface area (Å²) in [5.74, 6) is 1.47. The number of thioether (sulfide) groups is 1. The highest BCUT2D eigenvalue weighted by molar-refractivity contribution is 8.15. The van der Waals surface area contributed by atoms with Crippen LogP contribution >= 0.6 is 11.8 Å². The first-order chi connectivity index (χ1) is 14.9. The number of nitrogens with zero attached hydrogens (tertiary/aromatic N) is 1. The summed E-state index contributed by atoms with van der Waals surface area (Å²) in [7, 11) is 3.29. The third kappa shape index (κ3) is 4.77. The number of nitrogens with one attached hydrogen (secondary N) is 1. The maximum atomic E-state index is 11.8. The van der Waals surface area contributed by atoms with Crippen molar-refractivity contribution in [2.45, 2.75) is 24.1 Å². The topological polar surface area (TPSA) is 94.2 Å². The van der Waals surface area contributed by atoms with E-state index < -0.39 is 5.25 Å². The van der Waals surface area contributed by atoms with Gasteiger partial charge in [-0.05, 0) is 48.2 Å². The van der Waals surface area contributed by atoms with E-state index in [1.807, 2.05) is 36.4 Å². The van der Waals surface area contributed by atoms with Crippen LogP contribution in [-0.4, -0.2) is 54.2 Å². The second kappa shape index (κ2) is 8.89. The maximum Gasteiger partial charge on any atom is 0.409 e. The fourth-order valence-corrected chi connectivity index (χ4v) is 4.34. The lowest BCUT2D eigenvalue weighted by Crippen LogP contribution is -2.30. The average molecular weight is 442 g/mol. The van der Waals surface area contributed by atoms with Gasteiger partial charge in [0, 0.05) is 7.05 Å². The number of cyclic esters (lactones) is 1. The van der Waals surface area contributed by atoms with Crippen LogP contribution in [0.4, 0.5) is 9.59 Å². The van der Waals surface area contributed by atoms with Gasteiger partial charge in [-0.15, -0.1) is 0 Å². The van der Waals surface area contributed by atoms with Gasteiger partial charge < -0.3 is 19.1 Å². The van der Waals surface area contributed by atoms with Crippen molar-refractivity contribution in [2.24, 2.45) is 0 Å². The first kappa shape index (κ1) is 21.0. The van der Waals surface area contributed by atoms with E-state index in [0.717, 1.165) is 22.9 Å². The molecule has 2 aromatic rings. The fraction of sp³-hybridized carbons (Fsp3) is 0.318. The molecule has 2 fully saturated rings. The number of hydrogen-bond acceptors (Lipinski definition) is 7. The Bertz CT molecular complexity index is 1010. The molecule has 0 bridgehead atoms. The predicted molar refractivity (Wildman–Crippen MR) is 115 cm³/mol. The molecule has 2 aromatic carbocycles. The molecular formula is C22H22N2O6S. The van der Waals surface area contributed by atoms with Gasteiger partial charge in [-0.2, -0.15) is 0 Å². The van der Waals surface area contributed by atoms with Crippen molar-refractivity contribution in [3.8, 4) is 17.2 Å². The summed E-state index contributed by atoms with van der Waals surface area (Å²) in [5, 5.41) is 1.54. The van der Waals surface area contributed by atoms with Crippen molar-refractivity contribution in [1.82, 2.24) is 10.2 Å². The van der Waals surface area contributed by atoms with Gasteiger partial charge in [0.15, 0.2) is 11.5 Å². The predicted octanol–water partition coefficient (Wildman–Crippen LogP) is 3.37. The first-order valence-corrected chi connectivity index (χ1v) is 10.7. The molecule has 1 N–H and O–H groups in total. The van der Waals surface area contributed by atoms with Gasteiger partial charge >= 0.3 is 6.09 Å². The van der Waals surface area contributed by atoms with Crippen LogP contribution in [-0.2, 0) is 22.4 Å². The fourth-order valence-electron chi connectivity index (χ4n) is 3.48. The zero-order valence-electron chi connectivity index (χ0n) is 17.1. The van der Waals surface area contributed by atoms with Crippen molar-refractivity contribution in [3.05, 3.63) is 53.6 Å². The Morgan fingerprint density at radius 2 is 1.81 bits per heavy atom. The number of ether oxygens (including phenoxy) is 3. The quantitative estimate of drug-likeness (QED) is 0.703. The standard InChI is InChI=1S/C22H22N2O6S/c1-24-15(12-29-22(24)27)9-13-3-6-16(7-4-13)30-17-8-5-14(10-18(17)28-2)11-19-20(25)23-21(26)31-19/h3-8,10,15,19H,9,11-12H2,1-2H3,(H,23,25,26). The zero-order chi connectivity index (χ0) is 22.0. The minimum absolute atomic E-state index is 0.0299. The Hall–Kier alpha value is -3.20. The van der Waals surface area contributed by atoms with E-state index in [1.165, 1.54) is 0 Å². The molecule has 2 aliphatic heterocycles. The molecular weight excluding hydrogens is 420 g/mol. The van der Waals surface area contributed by atoms with Gasteiger partial charge in [0.1, 0.15) is 12.4 Å². The Morgan fingerprint density at radius 3 is 2.42 bits per heavy atom. The molecule has 0 aliphatic carbocycles. The van der Waals surface area contributed by atoms with Crippen molar-refractivity contribution < 1.29 is 28.6 Å². The third-order valence-corrected chi connectivity index (χ3v) is 6.25. The van der Waals surface area contributed by atoms with Crippen molar-refractivity contribution in [2.75, 3.05) is 20.8 Å². The summed E-state index contributed by atoms with van der Waals surface area (Å²) in [6, 6.07) is 13.1. The third-order valence-electron chi connectivity index (χ3n) is 5.27. The lowest BCUT2D eigenvalue weighted by Gasteiger charge is -2.16. The van der Waals surface area contributed by atoms with Crippen LogP contribution in [0.3, 0.4) is 0 Å². The second-order valence-electron chi connectivity index (χ2n) is 7.36. The van der Waals surface area contributed by atoms with Gasteiger partial charge in [0.2, 0.25) is 5.91 Å². The van der Waals surface area contributed by atoms with Crippen molar-refractivity contribution >= 4 is 29.0 Å². The Labute approximate surface area is 183 Å². The minimum atomic E-state index is -0.434. The van der Waals surface area contributed by atoms with E-state index in [-0.39, 0.29) is 23.3 Å². The van der Waals surface area contributed by atoms with E-state index >= 15 is 0 Å². The second-order valence-corrected chi connectivity index (χ2v) is 8.54. The molecule has 2 saturated heterocycles. The largest absolute Gasteiger partial charge is 0.493 e. The van der Waals surface area contributed by atoms with E-state index in [0.29, 0.717) is 36.7 Å². The van der Waals surface area contributed by atoms with Crippen LogP contribution in [0.2, 0.25) is 0 Å². The van der Waals surface area contributed by atoms with Crippen LogP contribution in [0, 0.1) is 0 Å². The van der Waals surface area contributed by atoms with Gasteiger partial charge in [-0.25, -0.2) is 4.79 Å². The molecule has 0 saturated carbocycles. The van der Waals surface area contributed by atoms with Gasteiger partial charge in [0.05, 0.1) is 18.4 Å². The summed E-state index contributed by atoms with van der Waals surface area (Å²) in [4.78, 5) is 36.2. The van der Waals surface area contributed by atoms with Crippen molar-refractivity contribution in [3.63, 3.8) is 0 Å². The molecule has 2 aliphatic rings. The van der Waals surface area contributed by atoms with E-state index in [2.05, 4.69) is 5.32 Å². The minimum Gasteiger partial charge on any atom is -0.493 e. The zero-order valence-corrected chi connectivity index (χ0v) is 17.9. The number of rotatable bonds is 7. The van der Waals surface area contributed by atoms with E-state index in [4.69, 9.17) is 14.2 Å². The van der Waals surface area contributed by atoms with Crippen LogP contribution in [0.25, 0.3) is 0 Å². The maximum absolute atomic E-state index is 11.8. The molecule has 0 spiro atoms. The number of hydrogen-bond donors (Lipinski definition) is 1.